The summed E-state index contributed by atoms with van der Waals surface area (Å²) < 4.78 is 20.2. The molecule has 0 aromatic heterocycles. The lowest BCUT2D eigenvalue weighted by molar-refractivity contribution is -0.297. The lowest BCUT2D eigenvalue weighted by Crippen LogP contribution is -2.60. The number of aliphatic hydroxyl groups is 2. The normalized spacial score (nSPS) is 29.9. The summed E-state index contributed by atoms with van der Waals surface area (Å²) in [5.41, 5.74) is 0.770. The van der Waals surface area contributed by atoms with Crippen molar-refractivity contribution in [2.75, 3.05) is 13.7 Å². The number of methoxy groups -OCH3 is 1. The number of nitrogens with two attached hydrogens (primary N) is 1. The van der Waals surface area contributed by atoms with Gasteiger partial charge in [-0.2, -0.15) is 0 Å². The number of aliphatic hydroxyl groups excluding tert-OH is 2. The molecule has 0 spiro atoms. The largest absolute Gasteiger partial charge is 0.509 e. The van der Waals surface area contributed by atoms with Crippen LogP contribution in [0.15, 0.2) is 30.3 Å². The molecule has 4 N–H and O–H groups in total. The van der Waals surface area contributed by atoms with Crippen LogP contribution >= 0.6 is 0 Å². The molecule has 24 heavy (non-hydrogen) atoms. The number of carbonyl (C=O) groups excluding carboxylic acids is 1. The number of benzene rings is 1. The van der Waals surface area contributed by atoms with E-state index in [9.17, 15) is 15.0 Å². The summed E-state index contributed by atoms with van der Waals surface area (Å²) >= 11 is 0. The minimum atomic E-state index is -1.40. The Kier molecular flexibility index (Phi) is 6.91. The van der Waals surface area contributed by atoms with E-state index in [1.807, 2.05) is 6.07 Å². The van der Waals surface area contributed by atoms with Gasteiger partial charge in [-0.3, -0.25) is 0 Å². The topological polar surface area (TPSA) is 130 Å². The fourth-order valence-corrected chi connectivity index (χ4v) is 2.33. The van der Waals surface area contributed by atoms with Crippen LogP contribution in [0.3, 0.4) is 0 Å². The van der Waals surface area contributed by atoms with E-state index in [-0.39, 0.29) is 13.2 Å². The van der Waals surface area contributed by atoms with E-state index in [1.54, 1.807) is 24.3 Å². The Hall–Kier alpha value is -1.75. The van der Waals surface area contributed by atoms with Crippen molar-refractivity contribution in [2.45, 2.75) is 37.3 Å². The van der Waals surface area contributed by atoms with Crippen molar-refractivity contribution in [3.05, 3.63) is 35.9 Å². The molecule has 0 aliphatic carbocycles. The molecular weight excluding hydrogens is 322 g/mol. The van der Waals surface area contributed by atoms with Gasteiger partial charge in [0.05, 0.1) is 6.61 Å². The van der Waals surface area contributed by atoms with E-state index in [1.165, 1.54) is 7.11 Å². The van der Waals surface area contributed by atoms with E-state index in [4.69, 9.17) is 24.8 Å². The molecule has 2 rings (SSSR count). The van der Waals surface area contributed by atoms with Gasteiger partial charge in [-0.1, -0.05) is 30.3 Å². The number of hydrogen-bond donors (Lipinski definition) is 3. The van der Waals surface area contributed by atoms with Crippen LogP contribution in [0.5, 0.6) is 0 Å². The molecule has 5 atom stereocenters. The third-order valence-corrected chi connectivity index (χ3v) is 3.57. The maximum Gasteiger partial charge on any atom is 0.509 e. The first-order chi connectivity index (χ1) is 11.6. The van der Waals surface area contributed by atoms with Crippen LogP contribution in [0, 0.1) is 0 Å². The summed E-state index contributed by atoms with van der Waals surface area (Å²) in [6, 6.07) is 9.00. The van der Waals surface area contributed by atoms with E-state index in [2.05, 4.69) is 4.84 Å². The highest BCUT2D eigenvalue weighted by atomic mass is 16.7. The van der Waals surface area contributed by atoms with Gasteiger partial charge in [0.25, 0.3) is 0 Å². The fraction of sp³-hybridized carbons (Fsp3) is 0.533. The summed E-state index contributed by atoms with van der Waals surface area (Å²) in [4.78, 5) is 16.3. The summed E-state index contributed by atoms with van der Waals surface area (Å²) in [5.74, 6) is 4.98. The maximum atomic E-state index is 11.8. The molecule has 1 aliphatic heterocycles. The summed E-state index contributed by atoms with van der Waals surface area (Å²) in [6.45, 7) is -0.176. The molecule has 9 nitrogen and oxygen atoms in total. The van der Waals surface area contributed by atoms with Crippen molar-refractivity contribution in [3.8, 4) is 0 Å². The van der Waals surface area contributed by atoms with E-state index in [0.29, 0.717) is 0 Å². The average Bonchev–Trinajstić information content (AvgIpc) is 2.60. The van der Waals surface area contributed by atoms with Crippen LogP contribution in [-0.2, 0) is 30.4 Å². The second kappa shape index (κ2) is 8.92. The van der Waals surface area contributed by atoms with Gasteiger partial charge in [0.1, 0.15) is 24.9 Å². The van der Waals surface area contributed by atoms with Gasteiger partial charge in [-0.15, -0.1) is 0 Å². The van der Waals surface area contributed by atoms with Crippen molar-refractivity contribution < 1.29 is 38.8 Å². The molecule has 1 aromatic rings. The van der Waals surface area contributed by atoms with Crippen molar-refractivity contribution in [2.24, 2.45) is 5.90 Å². The molecule has 0 radical (unpaired) electrons. The number of ether oxygens (including phenoxy) is 4. The third-order valence-electron chi connectivity index (χ3n) is 3.57. The van der Waals surface area contributed by atoms with Crippen LogP contribution in [0.4, 0.5) is 4.79 Å². The van der Waals surface area contributed by atoms with Crippen LogP contribution in [0.1, 0.15) is 5.56 Å². The molecule has 1 saturated heterocycles. The van der Waals surface area contributed by atoms with Crippen molar-refractivity contribution in [1.82, 2.24) is 0 Å². The second-order valence-electron chi connectivity index (χ2n) is 5.20. The van der Waals surface area contributed by atoms with Gasteiger partial charge in [-0.25, -0.2) is 10.7 Å². The molecule has 1 heterocycles. The summed E-state index contributed by atoms with van der Waals surface area (Å²) in [5, 5.41) is 20.3. The van der Waals surface area contributed by atoms with Crippen molar-refractivity contribution >= 4 is 6.16 Å². The number of hydrogen-bond acceptors (Lipinski definition) is 9. The molecule has 0 unspecified atom stereocenters. The number of carbonyl (C=O) groups is 1. The number of rotatable bonds is 6. The minimum absolute atomic E-state index is 0.00186. The molecule has 0 bridgehead atoms. The first-order valence-electron chi connectivity index (χ1n) is 7.30. The van der Waals surface area contributed by atoms with Crippen LogP contribution < -0.4 is 5.90 Å². The van der Waals surface area contributed by atoms with Crippen LogP contribution in [0.25, 0.3) is 0 Å². The van der Waals surface area contributed by atoms with Crippen molar-refractivity contribution in [1.29, 1.82) is 0 Å². The molecule has 1 aliphatic rings. The Labute approximate surface area is 138 Å². The lowest BCUT2D eigenvalue weighted by Gasteiger charge is -2.40. The van der Waals surface area contributed by atoms with E-state index >= 15 is 0 Å². The highest BCUT2D eigenvalue weighted by Gasteiger charge is 2.47. The zero-order valence-corrected chi connectivity index (χ0v) is 13.1. The zero-order valence-electron chi connectivity index (χ0n) is 13.1. The molecule has 134 valence electrons. The fourth-order valence-electron chi connectivity index (χ4n) is 2.33. The highest BCUT2D eigenvalue weighted by Crippen LogP contribution is 2.24. The van der Waals surface area contributed by atoms with E-state index < -0.39 is 36.9 Å². The first kappa shape index (κ1) is 18.6. The molecule has 0 saturated carbocycles. The van der Waals surface area contributed by atoms with Crippen LogP contribution in [-0.4, -0.2) is 60.8 Å². The summed E-state index contributed by atoms with van der Waals surface area (Å²) in [7, 11) is 1.30. The Morgan fingerprint density at radius 2 is 1.96 bits per heavy atom. The maximum absolute atomic E-state index is 11.8. The SMILES string of the molecule is CO[C@H]1O[C@H](CON)[C@@H](O)[C@H](OC(=O)OCc2ccccc2)[C@@H]1O. The molecule has 9 heteroatoms. The Bertz CT molecular complexity index is 513. The minimum Gasteiger partial charge on any atom is -0.429 e. The Morgan fingerprint density at radius 1 is 1.25 bits per heavy atom. The quantitative estimate of drug-likeness (QED) is 0.470. The third kappa shape index (κ3) is 4.63. The Balaban J connectivity index is 1.95. The molecular formula is C15H21NO8. The van der Waals surface area contributed by atoms with Gasteiger partial charge >= 0.3 is 6.16 Å². The first-order valence-corrected chi connectivity index (χ1v) is 7.30. The molecule has 1 aromatic carbocycles. The Morgan fingerprint density at radius 3 is 2.58 bits per heavy atom. The smallest absolute Gasteiger partial charge is 0.429 e. The van der Waals surface area contributed by atoms with Gasteiger partial charge in [-0.05, 0) is 5.56 Å². The van der Waals surface area contributed by atoms with Gasteiger partial charge in [0.15, 0.2) is 12.4 Å². The second-order valence-corrected chi connectivity index (χ2v) is 5.20. The standard InChI is InChI=1S/C15H21NO8/c1-20-14-12(18)13(11(17)10(23-14)8-22-16)24-15(19)21-7-9-5-3-2-4-6-9/h2-6,10-14,17-18H,7-8,16H2,1H3/t10-,11-,12+,13+,14+/m1/s1. The molecule has 0 amide bonds. The van der Waals surface area contributed by atoms with Gasteiger partial charge in [0.2, 0.25) is 0 Å². The van der Waals surface area contributed by atoms with Gasteiger partial charge in [0, 0.05) is 7.11 Å². The van der Waals surface area contributed by atoms with Crippen LogP contribution in [0.2, 0.25) is 0 Å². The highest BCUT2D eigenvalue weighted by molar-refractivity contribution is 5.60. The average molecular weight is 343 g/mol. The van der Waals surface area contributed by atoms with E-state index in [0.717, 1.165) is 5.56 Å². The van der Waals surface area contributed by atoms with Gasteiger partial charge < -0.3 is 34.0 Å². The monoisotopic (exact) mass is 343 g/mol. The molecule has 1 fully saturated rings. The lowest BCUT2D eigenvalue weighted by atomic mass is 9.99. The predicted molar refractivity (Wildman–Crippen MR) is 79.3 cm³/mol. The summed E-state index contributed by atoms with van der Waals surface area (Å²) in [6.07, 6.45) is -7.16. The van der Waals surface area contributed by atoms with Crippen molar-refractivity contribution in [3.63, 3.8) is 0 Å². The predicted octanol–water partition coefficient (Wildman–Crippen LogP) is -0.308. The zero-order chi connectivity index (χ0) is 17.5.